The maximum absolute atomic E-state index is 11.6. The summed E-state index contributed by atoms with van der Waals surface area (Å²) in [7, 11) is 1.71. The van der Waals surface area contributed by atoms with E-state index in [1.54, 1.807) is 7.11 Å². The summed E-state index contributed by atoms with van der Waals surface area (Å²) in [5.74, 6) is 1.73. The average Bonchev–Trinajstić information content (AvgIpc) is 2.46. The van der Waals surface area contributed by atoms with Crippen LogP contribution in [0.15, 0.2) is 18.2 Å². The van der Waals surface area contributed by atoms with Crippen molar-refractivity contribution in [2.75, 3.05) is 13.7 Å². The molecule has 0 aliphatic heterocycles. The number of hydrogen-bond acceptors (Lipinski definition) is 2. The van der Waals surface area contributed by atoms with Gasteiger partial charge in [-0.2, -0.15) is 0 Å². The van der Waals surface area contributed by atoms with Gasteiger partial charge in [0.2, 0.25) is 5.91 Å². The smallest absolute Gasteiger partial charge is 0.222 e. The Hall–Kier alpha value is -1.51. The van der Waals surface area contributed by atoms with Gasteiger partial charge >= 0.3 is 0 Å². The fourth-order valence-electron chi connectivity index (χ4n) is 2.89. The van der Waals surface area contributed by atoms with E-state index >= 15 is 0 Å². The highest BCUT2D eigenvalue weighted by atomic mass is 16.5. The minimum atomic E-state index is 0.0675. The zero-order valence-corrected chi connectivity index (χ0v) is 12.7. The highest BCUT2D eigenvalue weighted by molar-refractivity contribution is 5.77. The third-order valence-electron chi connectivity index (χ3n) is 4.11. The van der Waals surface area contributed by atoms with Gasteiger partial charge in [0.1, 0.15) is 5.75 Å². The molecule has 0 radical (unpaired) electrons. The number of aryl methyl sites for hydroxylation is 1. The highest BCUT2D eigenvalue weighted by Gasteiger charge is 2.20. The normalized spacial score (nSPS) is 17.7. The van der Waals surface area contributed by atoms with Crippen LogP contribution in [-0.2, 0) is 11.2 Å². The number of methoxy groups -OCH3 is 1. The Kier molecular flexibility index (Phi) is 5.05. The molecule has 0 aromatic heterocycles. The van der Waals surface area contributed by atoms with Crippen LogP contribution in [0.2, 0.25) is 0 Å². The molecule has 1 aliphatic carbocycles. The van der Waals surface area contributed by atoms with Crippen LogP contribution in [0, 0.1) is 5.92 Å². The van der Waals surface area contributed by atoms with Crippen molar-refractivity contribution in [3.05, 3.63) is 29.3 Å². The van der Waals surface area contributed by atoms with E-state index < -0.39 is 0 Å². The number of carbonyl (C=O) groups is 1. The minimum absolute atomic E-state index is 0.0675. The highest BCUT2D eigenvalue weighted by Crippen LogP contribution is 2.35. The van der Waals surface area contributed by atoms with Crippen molar-refractivity contribution in [1.29, 1.82) is 0 Å². The molecular formula is C17H25NO2. The first-order chi connectivity index (χ1) is 9.61. The van der Waals surface area contributed by atoms with Crippen LogP contribution in [-0.4, -0.2) is 19.6 Å². The van der Waals surface area contributed by atoms with Crippen LogP contribution in [0.3, 0.4) is 0 Å². The SMILES string of the molecule is COc1ccc2c(c1)CCCC2CCNC(=O)C(C)C. The molecule has 3 heteroatoms. The molecule has 1 unspecified atom stereocenters. The second-order valence-electron chi connectivity index (χ2n) is 5.89. The summed E-state index contributed by atoms with van der Waals surface area (Å²) < 4.78 is 5.30. The predicted octanol–water partition coefficient (Wildman–Crippen LogP) is 3.28. The van der Waals surface area contributed by atoms with Gasteiger partial charge in [0.05, 0.1) is 7.11 Å². The van der Waals surface area contributed by atoms with Crippen LogP contribution < -0.4 is 10.1 Å². The summed E-state index contributed by atoms with van der Waals surface area (Å²) in [6.45, 7) is 4.63. The Labute approximate surface area is 121 Å². The molecule has 20 heavy (non-hydrogen) atoms. The molecule has 0 saturated carbocycles. The first-order valence-electron chi connectivity index (χ1n) is 7.56. The first-order valence-corrected chi connectivity index (χ1v) is 7.56. The van der Waals surface area contributed by atoms with Gasteiger partial charge in [0, 0.05) is 12.5 Å². The third-order valence-corrected chi connectivity index (χ3v) is 4.11. The van der Waals surface area contributed by atoms with E-state index in [1.807, 2.05) is 19.9 Å². The maximum Gasteiger partial charge on any atom is 0.222 e. The second kappa shape index (κ2) is 6.78. The molecule has 110 valence electrons. The van der Waals surface area contributed by atoms with Gasteiger partial charge < -0.3 is 10.1 Å². The van der Waals surface area contributed by atoms with E-state index in [2.05, 4.69) is 17.4 Å². The standard InChI is InChI=1S/C17H25NO2/c1-12(2)17(19)18-10-9-13-5-4-6-14-11-15(20-3)7-8-16(13)14/h7-8,11-13H,4-6,9-10H2,1-3H3,(H,18,19). The molecule has 1 aromatic carbocycles. The summed E-state index contributed by atoms with van der Waals surface area (Å²) in [5.41, 5.74) is 2.85. The van der Waals surface area contributed by atoms with Crippen LogP contribution in [0.5, 0.6) is 5.75 Å². The largest absolute Gasteiger partial charge is 0.497 e. The molecule has 0 spiro atoms. The van der Waals surface area contributed by atoms with Gasteiger partial charge in [-0.05, 0) is 54.9 Å². The molecule has 1 atom stereocenters. The van der Waals surface area contributed by atoms with E-state index in [9.17, 15) is 4.79 Å². The molecule has 2 rings (SSSR count). The number of carbonyl (C=O) groups excluding carboxylic acids is 1. The monoisotopic (exact) mass is 275 g/mol. The Balaban J connectivity index is 1.96. The molecule has 1 amide bonds. The van der Waals surface area contributed by atoms with E-state index in [0.29, 0.717) is 5.92 Å². The van der Waals surface area contributed by atoms with Gasteiger partial charge in [-0.3, -0.25) is 4.79 Å². The van der Waals surface area contributed by atoms with Gasteiger partial charge in [-0.15, -0.1) is 0 Å². The number of rotatable bonds is 5. The van der Waals surface area contributed by atoms with Crippen molar-refractivity contribution in [3.8, 4) is 5.75 Å². The molecule has 0 fully saturated rings. The van der Waals surface area contributed by atoms with Crippen molar-refractivity contribution >= 4 is 5.91 Å². The van der Waals surface area contributed by atoms with Crippen LogP contribution in [0.25, 0.3) is 0 Å². The lowest BCUT2D eigenvalue weighted by Crippen LogP contribution is -2.29. The molecule has 1 aliphatic rings. The molecule has 0 saturated heterocycles. The van der Waals surface area contributed by atoms with Crippen LogP contribution in [0.4, 0.5) is 0 Å². The number of hydrogen-bond donors (Lipinski definition) is 1. The fourth-order valence-corrected chi connectivity index (χ4v) is 2.89. The lowest BCUT2D eigenvalue weighted by Gasteiger charge is -2.26. The summed E-state index contributed by atoms with van der Waals surface area (Å²) in [6.07, 6.45) is 4.61. The topological polar surface area (TPSA) is 38.3 Å². The molecule has 0 heterocycles. The van der Waals surface area contributed by atoms with Gasteiger partial charge in [-0.1, -0.05) is 19.9 Å². The van der Waals surface area contributed by atoms with Gasteiger partial charge in [0.15, 0.2) is 0 Å². The zero-order valence-electron chi connectivity index (χ0n) is 12.7. The van der Waals surface area contributed by atoms with Crippen LogP contribution in [0.1, 0.15) is 50.2 Å². The van der Waals surface area contributed by atoms with Crippen molar-refractivity contribution in [3.63, 3.8) is 0 Å². The molecular weight excluding hydrogens is 250 g/mol. The second-order valence-corrected chi connectivity index (χ2v) is 5.89. The van der Waals surface area contributed by atoms with Gasteiger partial charge in [0.25, 0.3) is 0 Å². The maximum atomic E-state index is 11.6. The molecule has 1 aromatic rings. The first kappa shape index (κ1) is 14.9. The van der Waals surface area contributed by atoms with E-state index in [0.717, 1.165) is 25.1 Å². The lowest BCUT2D eigenvalue weighted by atomic mass is 9.81. The predicted molar refractivity (Wildman–Crippen MR) is 81.1 cm³/mol. The molecule has 3 nitrogen and oxygen atoms in total. The number of amides is 1. The number of fused-ring (bicyclic) bond motifs is 1. The van der Waals surface area contributed by atoms with Crippen molar-refractivity contribution < 1.29 is 9.53 Å². The van der Waals surface area contributed by atoms with Crippen molar-refractivity contribution in [1.82, 2.24) is 5.32 Å². The van der Waals surface area contributed by atoms with E-state index in [1.165, 1.54) is 24.0 Å². The Morgan fingerprint density at radius 3 is 2.95 bits per heavy atom. The van der Waals surface area contributed by atoms with Crippen molar-refractivity contribution in [2.24, 2.45) is 5.92 Å². The van der Waals surface area contributed by atoms with Gasteiger partial charge in [-0.25, -0.2) is 0 Å². The Morgan fingerprint density at radius 1 is 1.45 bits per heavy atom. The summed E-state index contributed by atoms with van der Waals surface area (Å²) >= 11 is 0. The number of benzene rings is 1. The minimum Gasteiger partial charge on any atom is -0.497 e. The average molecular weight is 275 g/mol. The summed E-state index contributed by atoms with van der Waals surface area (Å²) in [6, 6.07) is 6.40. The summed E-state index contributed by atoms with van der Waals surface area (Å²) in [4.78, 5) is 11.6. The zero-order chi connectivity index (χ0) is 14.5. The number of ether oxygens (including phenoxy) is 1. The lowest BCUT2D eigenvalue weighted by molar-refractivity contribution is -0.123. The molecule has 0 bridgehead atoms. The Morgan fingerprint density at radius 2 is 2.25 bits per heavy atom. The molecule has 1 N–H and O–H groups in total. The van der Waals surface area contributed by atoms with Crippen LogP contribution >= 0.6 is 0 Å². The summed E-state index contributed by atoms with van der Waals surface area (Å²) in [5, 5.41) is 3.02. The quantitative estimate of drug-likeness (QED) is 0.895. The number of nitrogens with one attached hydrogen (secondary N) is 1. The van der Waals surface area contributed by atoms with E-state index in [-0.39, 0.29) is 11.8 Å². The third kappa shape index (κ3) is 3.53. The van der Waals surface area contributed by atoms with E-state index in [4.69, 9.17) is 4.74 Å². The fraction of sp³-hybridized carbons (Fsp3) is 0.588. The van der Waals surface area contributed by atoms with Crippen molar-refractivity contribution in [2.45, 2.75) is 45.4 Å². The Bertz CT molecular complexity index is 468.